The Morgan fingerprint density at radius 3 is 2.42 bits per heavy atom. The number of anilines is 3. The number of carbonyl (C=O) groups is 2. The fourth-order valence-corrected chi connectivity index (χ4v) is 3.60. The van der Waals surface area contributed by atoms with Crippen LogP contribution in [-0.4, -0.2) is 33.7 Å². The molecule has 0 aliphatic rings. The molecule has 1 amide bonds. The standard InChI is InChI=1S/C28H26N6O2/c1-28(2,3)25(35)22-16-30-26-24(22)33-23(17-31-26)32-20-12-10-18(11-13-20)14-19(15-29)27(36)34(4)21-8-6-5-7-9-21/h5-14,16-17H,1-4H3,(H,30,31)(H,32,33). The third-order valence-electron chi connectivity index (χ3n) is 5.60. The van der Waals surface area contributed by atoms with Crippen LogP contribution < -0.4 is 10.2 Å². The molecule has 0 saturated heterocycles. The average molecular weight is 479 g/mol. The quantitative estimate of drug-likeness (QED) is 0.215. The van der Waals surface area contributed by atoms with Gasteiger partial charge in [0, 0.05) is 30.0 Å². The number of nitrogens with zero attached hydrogens (tertiary/aromatic N) is 4. The zero-order chi connectivity index (χ0) is 25.9. The van der Waals surface area contributed by atoms with Crippen LogP contribution in [0.1, 0.15) is 36.7 Å². The molecular formula is C28H26N6O2. The van der Waals surface area contributed by atoms with Crippen LogP contribution in [0.15, 0.2) is 72.6 Å². The lowest BCUT2D eigenvalue weighted by atomic mass is 9.87. The normalized spacial score (nSPS) is 11.7. The largest absolute Gasteiger partial charge is 0.344 e. The summed E-state index contributed by atoms with van der Waals surface area (Å²) in [5, 5.41) is 12.8. The Hall–Kier alpha value is -4.77. The van der Waals surface area contributed by atoms with E-state index in [9.17, 15) is 14.9 Å². The molecule has 0 radical (unpaired) electrons. The van der Waals surface area contributed by atoms with Gasteiger partial charge < -0.3 is 15.2 Å². The number of carbonyl (C=O) groups excluding carboxylic acids is 2. The molecule has 4 aromatic rings. The number of para-hydroxylation sites is 1. The van der Waals surface area contributed by atoms with Gasteiger partial charge in [0.25, 0.3) is 5.91 Å². The fraction of sp³-hybridized carbons (Fsp3) is 0.179. The van der Waals surface area contributed by atoms with Gasteiger partial charge in [-0.05, 0) is 35.9 Å². The van der Waals surface area contributed by atoms with Gasteiger partial charge in [0.2, 0.25) is 0 Å². The smallest absolute Gasteiger partial charge is 0.268 e. The van der Waals surface area contributed by atoms with E-state index in [-0.39, 0.29) is 17.3 Å². The number of nitriles is 1. The summed E-state index contributed by atoms with van der Waals surface area (Å²) in [6, 6.07) is 18.4. The van der Waals surface area contributed by atoms with Gasteiger partial charge in [0.1, 0.15) is 23.0 Å². The molecule has 0 atom stereocenters. The van der Waals surface area contributed by atoms with Crippen molar-refractivity contribution in [3.05, 3.63) is 83.7 Å². The van der Waals surface area contributed by atoms with Crippen molar-refractivity contribution >= 4 is 46.1 Å². The van der Waals surface area contributed by atoms with E-state index in [0.29, 0.717) is 33.8 Å². The van der Waals surface area contributed by atoms with Crippen molar-refractivity contribution in [2.75, 3.05) is 17.3 Å². The number of fused-ring (bicyclic) bond motifs is 1. The molecule has 0 bridgehead atoms. The molecule has 0 aliphatic heterocycles. The van der Waals surface area contributed by atoms with E-state index in [1.807, 2.05) is 69.3 Å². The maximum atomic E-state index is 12.8. The predicted octanol–water partition coefficient (Wildman–Crippen LogP) is 5.50. The van der Waals surface area contributed by atoms with Gasteiger partial charge >= 0.3 is 0 Å². The van der Waals surface area contributed by atoms with Crippen LogP contribution in [0.4, 0.5) is 17.2 Å². The SMILES string of the molecule is CN(C(=O)C(C#N)=Cc1ccc(Nc2cnc3[nH]cc(C(=O)C(C)(C)C)c3n2)cc1)c1ccccc1. The van der Waals surface area contributed by atoms with Gasteiger partial charge in [-0.25, -0.2) is 9.97 Å². The number of benzene rings is 2. The Morgan fingerprint density at radius 2 is 1.78 bits per heavy atom. The Balaban J connectivity index is 1.52. The van der Waals surface area contributed by atoms with Gasteiger partial charge in [0.15, 0.2) is 11.4 Å². The summed E-state index contributed by atoms with van der Waals surface area (Å²) < 4.78 is 0. The molecule has 2 aromatic carbocycles. The van der Waals surface area contributed by atoms with E-state index in [2.05, 4.69) is 20.3 Å². The first-order valence-corrected chi connectivity index (χ1v) is 11.4. The van der Waals surface area contributed by atoms with Gasteiger partial charge in [0.05, 0.1) is 11.8 Å². The minimum atomic E-state index is -0.539. The minimum absolute atomic E-state index is 0.0166. The summed E-state index contributed by atoms with van der Waals surface area (Å²) in [4.78, 5) is 39.0. The van der Waals surface area contributed by atoms with E-state index in [0.717, 1.165) is 5.69 Å². The minimum Gasteiger partial charge on any atom is -0.344 e. The second kappa shape index (κ2) is 9.84. The van der Waals surface area contributed by atoms with Gasteiger partial charge in [-0.1, -0.05) is 51.1 Å². The molecule has 0 spiro atoms. The predicted molar refractivity (Wildman–Crippen MR) is 141 cm³/mol. The van der Waals surface area contributed by atoms with E-state index in [1.54, 1.807) is 37.7 Å². The van der Waals surface area contributed by atoms with Crippen LogP contribution in [0.2, 0.25) is 0 Å². The number of Topliss-reactive ketones (excluding diaryl/α,β-unsaturated/α-hetero) is 1. The van der Waals surface area contributed by atoms with Crippen molar-refractivity contribution in [2.45, 2.75) is 20.8 Å². The van der Waals surface area contributed by atoms with Gasteiger partial charge in [-0.2, -0.15) is 5.26 Å². The molecule has 180 valence electrons. The van der Waals surface area contributed by atoms with Crippen LogP contribution in [0.3, 0.4) is 0 Å². The first-order chi connectivity index (χ1) is 17.2. The van der Waals surface area contributed by atoms with E-state index in [1.165, 1.54) is 4.90 Å². The van der Waals surface area contributed by atoms with Crippen molar-refractivity contribution in [3.63, 3.8) is 0 Å². The molecule has 2 heterocycles. The van der Waals surface area contributed by atoms with Crippen LogP contribution in [0.5, 0.6) is 0 Å². The summed E-state index contributed by atoms with van der Waals surface area (Å²) >= 11 is 0. The van der Waals surface area contributed by atoms with E-state index in [4.69, 9.17) is 0 Å². The van der Waals surface area contributed by atoms with Crippen LogP contribution in [0, 0.1) is 16.7 Å². The molecule has 0 aliphatic carbocycles. The van der Waals surface area contributed by atoms with Crippen LogP contribution in [0.25, 0.3) is 17.2 Å². The highest BCUT2D eigenvalue weighted by Crippen LogP contribution is 2.26. The zero-order valence-electron chi connectivity index (χ0n) is 20.5. The Labute approximate surface area is 209 Å². The lowest BCUT2D eigenvalue weighted by molar-refractivity contribution is -0.114. The number of hydrogen-bond acceptors (Lipinski definition) is 6. The third-order valence-corrected chi connectivity index (χ3v) is 5.60. The number of H-pyrrole nitrogens is 1. The fourth-order valence-electron chi connectivity index (χ4n) is 3.60. The molecule has 36 heavy (non-hydrogen) atoms. The zero-order valence-corrected chi connectivity index (χ0v) is 20.5. The molecule has 8 heteroatoms. The third kappa shape index (κ3) is 5.15. The number of likely N-dealkylation sites (N-methyl/N-ethyl adjacent to an activating group) is 1. The number of ketones is 1. The lowest BCUT2D eigenvalue weighted by Crippen LogP contribution is -2.27. The van der Waals surface area contributed by atoms with Crippen molar-refractivity contribution < 1.29 is 9.59 Å². The molecule has 4 rings (SSSR count). The molecule has 2 aromatic heterocycles. The molecular weight excluding hydrogens is 452 g/mol. The number of aromatic nitrogens is 3. The molecule has 2 N–H and O–H groups in total. The van der Waals surface area contributed by atoms with Gasteiger partial charge in [-0.15, -0.1) is 0 Å². The highest BCUT2D eigenvalue weighted by molar-refractivity contribution is 6.11. The van der Waals surface area contributed by atoms with E-state index < -0.39 is 5.41 Å². The molecule has 0 saturated carbocycles. The molecule has 0 unspecified atom stereocenters. The first kappa shape index (κ1) is 24.4. The first-order valence-electron chi connectivity index (χ1n) is 11.4. The van der Waals surface area contributed by atoms with E-state index >= 15 is 0 Å². The lowest BCUT2D eigenvalue weighted by Gasteiger charge is -2.16. The topological polar surface area (TPSA) is 115 Å². The second-order valence-corrected chi connectivity index (χ2v) is 9.35. The van der Waals surface area contributed by atoms with Crippen LogP contribution in [-0.2, 0) is 4.79 Å². The van der Waals surface area contributed by atoms with Crippen molar-refractivity contribution in [1.82, 2.24) is 15.0 Å². The Kier molecular flexibility index (Phi) is 6.66. The average Bonchev–Trinajstić information content (AvgIpc) is 3.30. The summed E-state index contributed by atoms with van der Waals surface area (Å²) in [7, 11) is 1.64. The summed E-state index contributed by atoms with van der Waals surface area (Å²) in [5.74, 6) is 0.0874. The second-order valence-electron chi connectivity index (χ2n) is 9.35. The summed E-state index contributed by atoms with van der Waals surface area (Å²) in [6.07, 6.45) is 4.79. The number of rotatable bonds is 6. The maximum Gasteiger partial charge on any atom is 0.268 e. The monoisotopic (exact) mass is 478 g/mol. The number of aromatic amines is 1. The molecule has 8 nitrogen and oxygen atoms in total. The van der Waals surface area contributed by atoms with Crippen molar-refractivity contribution in [2.24, 2.45) is 5.41 Å². The highest BCUT2D eigenvalue weighted by Gasteiger charge is 2.26. The van der Waals surface area contributed by atoms with Crippen molar-refractivity contribution in [3.8, 4) is 6.07 Å². The maximum absolute atomic E-state index is 12.8. The molecule has 0 fully saturated rings. The van der Waals surface area contributed by atoms with Gasteiger partial charge in [-0.3, -0.25) is 9.59 Å². The number of hydrogen-bond donors (Lipinski definition) is 2. The summed E-state index contributed by atoms with van der Waals surface area (Å²) in [5.41, 5.74) is 3.20. The Bertz CT molecular complexity index is 1490. The van der Waals surface area contributed by atoms with Crippen molar-refractivity contribution in [1.29, 1.82) is 5.26 Å². The number of amides is 1. The highest BCUT2D eigenvalue weighted by atomic mass is 16.2. The van der Waals surface area contributed by atoms with Crippen LogP contribution >= 0.6 is 0 Å². The number of nitrogens with one attached hydrogen (secondary N) is 2. The summed E-state index contributed by atoms with van der Waals surface area (Å²) in [6.45, 7) is 5.60. The Morgan fingerprint density at radius 1 is 1.08 bits per heavy atom.